The van der Waals surface area contributed by atoms with Gasteiger partial charge in [0.2, 0.25) is 5.95 Å². The molecule has 4 N–H and O–H groups in total. The smallest absolute Gasteiger partial charge is 0.337 e. The van der Waals surface area contributed by atoms with Crippen LogP contribution in [-0.2, 0) is 11.2 Å². The van der Waals surface area contributed by atoms with Gasteiger partial charge in [-0.25, -0.2) is 14.2 Å². The van der Waals surface area contributed by atoms with Crippen LogP contribution < -0.4 is 15.4 Å². The molecule has 0 atom stereocenters. The average Bonchev–Trinajstić information content (AvgIpc) is 3.32. The zero-order chi connectivity index (χ0) is 26.6. The minimum absolute atomic E-state index is 0.0369. The molecule has 11 heteroatoms. The van der Waals surface area contributed by atoms with Gasteiger partial charge in [0.05, 0.1) is 37.2 Å². The van der Waals surface area contributed by atoms with E-state index in [0.29, 0.717) is 29.1 Å². The van der Waals surface area contributed by atoms with Crippen molar-refractivity contribution >= 4 is 40.0 Å². The number of anilines is 4. The van der Waals surface area contributed by atoms with E-state index in [0.717, 1.165) is 28.4 Å². The highest BCUT2D eigenvalue weighted by atomic mass is 19.1. The molecule has 0 saturated carbocycles. The monoisotopic (exact) mass is 514 g/mol. The normalized spacial score (nSPS) is 10.8. The molecule has 0 fully saturated rings. The molecule has 10 nitrogen and oxygen atoms in total. The molecule has 0 amide bonds. The second-order valence-corrected chi connectivity index (χ2v) is 8.32. The number of esters is 1. The number of phenols is 1. The number of methoxy groups -OCH3 is 2. The van der Waals surface area contributed by atoms with Crippen LogP contribution in [0.4, 0.5) is 27.5 Å². The second-order valence-electron chi connectivity index (χ2n) is 8.32. The van der Waals surface area contributed by atoms with Gasteiger partial charge in [0.1, 0.15) is 11.5 Å². The lowest BCUT2D eigenvalue weighted by molar-refractivity contribution is 0.0600. The summed E-state index contributed by atoms with van der Waals surface area (Å²) < 4.78 is 24.5. The maximum Gasteiger partial charge on any atom is 0.337 e. The Morgan fingerprint density at radius 3 is 2.68 bits per heavy atom. The van der Waals surface area contributed by atoms with Crippen LogP contribution >= 0.6 is 0 Å². The molecule has 0 radical (unpaired) electrons. The highest BCUT2D eigenvalue weighted by molar-refractivity contribution is 5.90. The zero-order valence-corrected chi connectivity index (χ0v) is 20.4. The van der Waals surface area contributed by atoms with E-state index in [1.807, 2.05) is 24.3 Å². The van der Waals surface area contributed by atoms with E-state index < -0.39 is 11.8 Å². The predicted octanol–water partition coefficient (Wildman–Crippen LogP) is 5.07. The number of ether oxygens (including phenoxy) is 2. The van der Waals surface area contributed by atoms with Gasteiger partial charge in [0.15, 0.2) is 11.6 Å². The van der Waals surface area contributed by atoms with E-state index in [9.17, 15) is 14.3 Å². The third-order valence-electron chi connectivity index (χ3n) is 5.82. The predicted molar refractivity (Wildman–Crippen MR) is 140 cm³/mol. The van der Waals surface area contributed by atoms with Crippen molar-refractivity contribution in [2.45, 2.75) is 6.42 Å². The van der Waals surface area contributed by atoms with Gasteiger partial charge in [-0.1, -0.05) is 12.1 Å². The molecular formula is C27H23FN6O4. The molecule has 192 valence electrons. The zero-order valence-electron chi connectivity index (χ0n) is 20.4. The average molecular weight is 515 g/mol. The number of nitrogens with zero attached hydrogens (tertiary/aromatic N) is 3. The summed E-state index contributed by atoms with van der Waals surface area (Å²) in [5.41, 5.74) is 3.99. The lowest BCUT2D eigenvalue weighted by Crippen LogP contribution is -2.03. The van der Waals surface area contributed by atoms with Crippen molar-refractivity contribution in [3.05, 3.63) is 89.5 Å². The number of phenolic OH excluding ortho intramolecular Hbond substituents is 1. The lowest BCUT2D eigenvalue weighted by atomic mass is 10.0. The Labute approximate surface area is 216 Å². The number of carbonyl (C=O) groups is 1. The first-order valence-electron chi connectivity index (χ1n) is 11.5. The van der Waals surface area contributed by atoms with Crippen LogP contribution in [0.15, 0.2) is 66.9 Å². The lowest BCUT2D eigenvalue weighted by Gasteiger charge is -2.10. The Bertz CT molecular complexity index is 1640. The Morgan fingerprint density at radius 2 is 1.89 bits per heavy atom. The minimum Gasteiger partial charge on any atom is -0.508 e. The number of rotatable bonds is 8. The molecule has 0 saturated heterocycles. The number of H-pyrrole nitrogens is 1. The van der Waals surface area contributed by atoms with Gasteiger partial charge in [0, 0.05) is 34.8 Å². The quantitative estimate of drug-likeness (QED) is 0.209. The first-order valence-corrected chi connectivity index (χ1v) is 11.5. The minimum atomic E-state index is -0.636. The summed E-state index contributed by atoms with van der Waals surface area (Å²) >= 11 is 0. The molecule has 0 unspecified atom stereocenters. The number of carbonyl (C=O) groups excluding carboxylic acids is 1. The largest absolute Gasteiger partial charge is 0.508 e. The van der Waals surface area contributed by atoms with Gasteiger partial charge < -0.3 is 25.2 Å². The molecule has 3 aromatic carbocycles. The summed E-state index contributed by atoms with van der Waals surface area (Å²) in [6, 6.07) is 17.0. The molecule has 38 heavy (non-hydrogen) atoms. The number of nitrogens with one attached hydrogen (secondary N) is 3. The van der Waals surface area contributed by atoms with Crippen LogP contribution in [0.3, 0.4) is 0 Å². The molecule has 0 aliphatic carbocycles. The van der Waals surface area contributed by atoms with Gasteiger partial charge in [-0.15, -0.1) is 0 Å². The third kappa shape index (κ3) is 5.16. The summed E-state index contributed by atoms with van der Waals surface area (Å²) in [5.74, 6) is -0.318. The molecular weight excluding hydrogens is 491 g/mol. The Kier molecular flexibility index (Phi) is 6.72. The van der Waals surface area contributed by atoms with Crippen LogP contribution in [0, 0.1) is 5.82 Å². The topological polar surface area (TPSA) is 134 Å². The number of hydrogen-bond acceptors (Lipinski definition) is 9. The SMILES string of the molecule is COC(=O)c1ccc(Cc2n[nH]c3cc(Nc4ncc(F)c(Nc5cccc(O)c5)n4)ccc23)c(OC)c1. The van der Waals surface area contributed by atoms with E-state index in [2.05, 4.69) is 30.8 Å². The van der Waals surface area contributed by atoms with Crippen molar-refractivity contribution in [3.63, 3.8) is 0 Å². The molecule has 0 spiro atoms. The van der Waals surface area contributed by atoms with Gasteiger partial charge in [0.25, 0.3) is 0 Å². The van der Waals surface area contributed by atoms with Crippen molar-refractivity contribution in [1.82, 2.24) is 20.2 Å². The van der Waals surface area contributed by atoms with Crippen molar-refractivity contribution in [1.29, 1.82) is 0 Å². The molecule has 0 aliphatic rings. The molecule has 2 aromatic heterocycles. The van der Waals surface area contributed by atoms with Crippen LogP contribution in [-0.4, -0.2) is 45.5 Å². The third-order valence-corrected chi connectivity index (χ3v) is 5.82. The highest BCUT2D eigenvalue weighted by Crippen LogP contribution is 2.28. The summed E-state index contributed by atoms with van der Waals surface area (Å²) in [7, 11) is 2.87. The fourth-order valence-electron chi connectivity index (χ4n) is 3.97. The maximum atomic E-state index is 14.3. The summed E-state index contributed by atoms with van der Waals surface area (Å²) in [6.45, 7) is 0. The molecule has 0 aliphatic heterocycles. The Morgan fingerprint density at radius 1 is 1.05 bits per heavy atom. The number of benzene rings is 3. The van der Waals surface area contributed by atoms with Crippen molar-refractivity contribution in [2.24, 2.45) is 0 Å². The first kappa shape index (κ1) is 24.5. The number of aromatic amines is 1. The van der Waals surface area contributed by atoms with Gasteiger partial charge in [-0.05, 0) is 42.5 Å². The van der Waals surface area contributed by atoms with E-state index in [1.54, 1.807) is 31.4 Å². The number of fused-ring (bicyclic) bond motifs is 1. The van der Waals surface area contributed by atoms with Gasteiger partial charge >= 0.3 is 5.97 Å². The highest BCUT2D eigenvalue weighted by Gasteiger charge is 2.15. The van der Waals surface area contributed by atoms with Gasteiger partial charge in [-0.2, -0.15) is 10.1 Å². The molecule has 5 rings (SSSR count). The molecule has 0 bridgehead atoms. The molecule has 5 aromatic rings. The van der Waals surface area contributed by atoms with Crippen molar-refractivity contribution in [3.8, 4) is 11.5 Å². The van der Waals surface area contributed by atoms with E-state index in [-0.39, 0.29) is 17.5 Å². The number of hydrogen-bond donors (Lipinski definition) is 4. The Balaban J connectivity index is 1.35. The van der Waals surface area contributed by atoms with Crippen LogP contribution in [0.2, 0.25) is 0 Å². The van der Waals surface area contributed by atoms with Crippen LogP contribution in [0.1, 0.15) is 21.6 Å². The van der Waals surface area contributed by atoms with Crippen molar-refractivity contribution < 1.29 is 23.8 Å². The first-order chi connectivity index (χ1) is 18.4. The van der Waals surface area contributed by atoms with E-state index in [1.165, 1.54) is 19.2 Å². The summed E-state index contributed by atoms with van der Waals surface area (Å²) in [5, 5.41) is 23.9. The van der Waals surface area contributed by atoms with E-state index in [4.69, 9.17) is 9.47 Å². The second kappa shape index (κ2) is 10.4. The summed E-state index contributed by atoms with van der Waals surface area (Å²) in [4.78, 5) is 20.1. The Hall–Kier alpha value is -5.19. The number of halogens is 1. The van der Waals surface area contributed by atoms with Gasteiger partial charge in [-0.3, -0.25) is 5.10 Å². The van der Waals surface area contributed by atoms with Crippen LogP contribution in [0.5, 0.6) is 11.5 Å². The summed E-state index contributed by atoms with van der Waals surface area (Å²) in [6.07, 6.45) is 1.54. The van der Waals surface area contributed by atoms with E-state index >= 15 is 0 Å². The molecule has 2 heterocycles. The maximum absolute atomic E-state index is 14.3. The fourth-order valence-corrected chi connectivity index (χ4v) is 3.97. The van der Waals surface area contributed by atoms with Crippen LogP contribution in [0.25, 0.3) is 10.9 Å². The standard InChI is InChI=1S/C27H23FN6O4/c1-37-24-11-16(26(36)38-2)7-6-15(24)10-22-20-9-8-18(13-23(20)34-33-22)31-27-29-14-21(28)25(32-27)30-17-4-3-5-19(35)12-17/h3-9,11-14,35H,10H2,1-2H3,(H,33,34)(H2,29,30,31,32). The number of aromatic hydroxyl groups is 1. The number of aromatic nitrogens is 4. The van der Waals surface area contributed by atoms with Crippen molar-refractivity contribution in [2.75, 3.05) is 24.9 Å². The fraction of sp³-hybridized carbons (Fsp3) is 0.111.